The van der Waals surface area contributed by atoms with Gasteiger partial charge in [0.05, 0.1) is 5.52 Å². The van der Waals surface area contributed by atoms with Crippen LogP contribution in [-0.4, -0.2) is 70.4 Å². The molecule has 9 nitrogen and oxygen atoms in total. The first-order valence-electron chi connectivity index (χ1n) is 8.75. The molecule has 3 rings (SSSR count). The highest BCUT2D eigenvalue weighted by atomic mass is 16.3. The molecule has 1 aromatic carbocycles. The number of aromatic nitrogens is 2. The normalized spacial score (nSPS) is 20.0. The maximum atomic E-state index is 12.1. The van der Waals surface area contributed by atoms with Crippen molar-refractivity contribution in [1.82, 2.24) is 14.7 Å². The Bertz CT molecular complexity index is 1130. The summed E-state index contributed by atoms with van der Waals surface area (Å²) in [6.07, 6.45) is 1.71. The van der Waals surface area contributed by atoms with E-state index in [-0.39, 0.29) is 17.8 Å². The lowest BCUT2D eigenvalue weighted by molar-refractivity contribution is -0.137. The molecule has 2 heterocycles. The fraction of sp³-hybridized carbons (Fsp3) is 0.250. The van der Waals surface area contributed by atoms with Gasteiger partial charge in [-0.2, -0.15) is 5.10 Å². The van der Waals surface area contributed by atoms with E-state index in [2.05, 4.69) is 33.6 Å². The summed E-state index contributed by atoms with van der Waals surface area (Å²) in [4.78, 5) is 33.3. The van der Waals surface area contributed by atoms with Crippen LogP contribution in [0.2, 0.25) is 0 Å². The summed E-state index contributed by atoms with van der Waals surface area (Å²) in [6, 6.07) is 7.08. The number of likely N-dealkylation sites (tertiary alicyclic amines) is 1. The van der Waals surface area contributed by atoms with E-state index in [4.69, 9.17) is 5.73 Å². The minimum absolute atomic E-state index is 0.114. The summed E-state index contributed by atoms with van der Waals surface area (Å²) < 4.78 is 1.45. The molecule has 9 heteroatoms. The Balaban J connectivity index is 2.04. The van der Waals surface area contributed by atoms with Crippen molar-refractivity contribution in [2.75, 3.05) is 20.6 Å². The van der Waals surface area contributed by atoms with Crippen molar-refractivity contribution in [2.24, 2.45) is 15.7 Å². The topological polar surface area (TPSA) is 126 Å². The number of aliphatic imine (C=N–C) groups is 2. The predicted octanol–water partition coefficient (Wildman–Crippen LogP) is 0.193. The number of hydrogen-bond acceptors (Lipinski definition) is 6. The monoisotopic (exact) mass is 392 g/mol. The molecule has 1 atom stereocenters. The smallest absolute Gasteiger partial charge is 0.269 e. The van der Waals surface area contributed by atoms with E-state index in [1.165, 1.54) is 15.7 Å². The molecule has 148 valence electrons. The van der Waals surface area contributed by atoms with Gasteiger partial charge in [-0.1, -0.05) is 24.1 Å². The van der Waals surface area contributed by atoms with E-state index in [0.29, 0.717) is 23.3 Å². The molecule has 1 fully saturated rings. The summed E-state index contributed by atoms with van der Waals surface area (Å²) in [6.45, 7) is 3.90. The molecule has 29 heavy (non-hydrogen) atoms. The third-order valence-electron chi connectivity index (χ3n) is 4.61. The molecule has 0 aliphatic carbocycles. The van der Waals surface area contributed by atoms with E-state index in [9.17, 15) is 14.7 Å². The van der Waals surface area contributed by atoms with E-state index in [1.54, 1.807) is 38.4 Å². The molecule has 0 bridgehead atoms. The van der Waals surface area contributed by atoms with Gasteiger partial charge < -0.3 is 15.7 Å². The highest BCUT2D eigenvalue weighted by Gasteiger charge is 2.42. The van der Waals surface area contributed by atoms with E-state index < -0.39 is 17.4 Å². The van der Waals surface area contributed by atoms with Crippen LogP contribution in [0, 0.1) is 11.8 Å². The van der Waals surface area contributed by atoms with Gasteiger partial charge in [-0.3, -0.25) is 19.6 Å². The highest BCUT2D eigenvalue weighted by molar-refractivity contribution is 6.08. The quantitative estimate of drug-likeness (QED) is 0.439. The number of aliphatic hydroxyl groups is 1. The number of rotatable bonds is 3. The molecule has 3 N–H and O–H groups in total. The van der Waals surface area contributed by atoms with Crippen LogP contribution in [0.3, 0.4) is 0 Å². The molecule has 0 radical (unpaired) electrons. The Morgan fingerprint density at radius 1 is 1.45 bits per heavy atom. The summed E-state index contributed by atoms with van der Waals surface area (Å²) in [7, 11) is 3.15. The number of allylic oxidation sites excluding steroid dienone is 2. The number of likely N-dealkylation sites (N-methyl/N-ethyl adjacent to an activating group) is 1. The lowest BCUT2D eigenvalue weighted by Crippen LogP contribution is -2.37. The molecular weight excluding hydrogens is 372 g/mol. The van der Waals surface area contributed by atoms with Gasteiger partial charge in [0.2, 0.25) is 5.60 Å². The molecule has 1 aromatic heterocycles. The van der Waals surface area contributed by atoms with E-state index in [0.717, 1.165) is 0 Å². The molecule has 0 spiro atoms. The fourth-order valence-corrected chi connectivity index (χ4v) is 3.02. The number of benzene rings is 1. The van der Waals surface area contributed by atoms with Crippen molar-refractivity contribution in [3.8, 4) is 11.8 Å². The second-order valence-electron chi connectivity index (χ2n) is 6.50. The third kappa shape index (κ3) is 3.66. The summed E-state index contributed by atoms with van der Waals surface area (Å²) in [5.41, 5.74) is 4.61. The number of nitrogens with two attached hydrogens (primary N) is 1. The first-order valence-corrected chi connectivity index (χ1v) is 8.75. The number of hydrogen-bond donors (Lipinski definition) is 2. The Labute approximate surface area is 167 Å². The zero-order valence-electron chi connectivity index (χ0n) is 16.1. The number of amides is 2. The van der Waals surface area contributed by atoms with Crippen LogP contribution in [0.15, 0.2) is 46.0 Å². The number of primary amides is 1. The van der Waals surface area contributed by atoms with Crippen molar-refractivity contribution >= 4 is 35.3 Å². The molecule has 1 aliphatic rings. The van der Waals surface area contributed by atoms with Crippen LogP contribution in [0.1, 0.15) is 16.9 Å². The standard InChI is InChI=1S/C20H20N6O3/c1-22-13(8-9-20(29)10-11-25(3)19(20)28)12-16(23-2)26-15-7-5-4-6-14(15)17(24-26)18(21)27/h4-7,12,29H,1,10-11H2,2-3H3,(H2,21,27)/b13-12-,23-16?/t20-/m0/s1. The molecule has 2 aromatic rings. The molecule has 2 amide bonds. The van der Waals surface area contributed by atoms with Gasteiger partial charge in [-0.15, -0.1) is 0 Å². The largest absolute Gasteiger partial charge is 0.369 e. The molecular formula is C20H20N6O3. The Morgan fingerprint density at radius 3 is 2.76 bits per heavy atom. The first-order chi connectivity index (χ1) is 13.8. The molecule has 1 aliphatic heterocycles. The minimum Gasteiger partial charge on any atom is -0.369 e. The summed E-state index contributed by atoms with van der Waals surface area (Å²) in [5, 5.41) is 15.3. The highest BCUT2D eigenvalue weighted by Crippen LogP contribution is 2.21. The number of nitrogens with zero attached hydrogens (tertiary/aromatic N) is 5. The van der Waals surface area contributed by atoms with Crippen molar-refractivity contribution in [1.29, 1.82) is 0 Å². The van der Waals surface area contributed by atoms with Gasteiger partial charge in [0.25, 0.3) is 11.8 Å². The average molecular weight is 392 g/mol. The van der Waals surface area contributed by atoms with E-state index in [1.807, 2.05) is 0 Å². The molecule has 0 unspecified atom stereocenters. The molecule has 0 saturated carbocycles. The van der Waals surface area contributed by atoms with Gasteiger partial charge in [-0.25, -0.2) is 4.68 Å². The zero-order chi connectivity index (χ0) is 21.2. The summed E-state index contributed by atoms with van der Waals surface area (Å²) in [5.74, 6) is 4.48. The van der Waals surface area contributed by atoms with Crippen molar-refractivity contribution in [3.63, 3.8) is 0 Å². The van der Waals surface area contributed by atoms with Crippen molar-refractivity contribution in [3.05, 3.63) is 41.7 Å². The lowest BCUT2D eigenvalue weighted by Gasteiger charge is -2.13. The van der Waals surface area contributed by atoms with E-state index >= 15 is 0 Å². The SMILES string of the molecule is C=N/C(C#C[C@]1(O)CCN(C)C1=O)=C\C(=NC)n1nc(C(N)=O)c2ccccc21. The van der Waals surface area contributed by atoms with Crippen LogP contribution >= 0.6 is 0 Å². The second-order valence-corrected chi connectivity index (χ2v) is 6.50. The van der Waals surface area contributed by atoms with Gasteiger partial charge in [0.15, 0.2) is 11.5 Å². The van der Waals surface area contributed by atoms with Crippen LogP contribution in [0.25, 0.3) is 10.9 Å². The maximum Gasteiger partial charge on any atom is 0.269 e. The number of carbonyl (C=O) groups excluding carboxylic acids is 2. The minimum atomic E-state index is -1.75. The third-order valence-corrected chi connectivity index (χ3v) is 4.61. The van der Waals surface area contributed by atoms with Crippen LogP contribution in [-0.2, 0) is 4.79 Å². The second kappa shape index (κ2) is 7.69. The number of para-hydroxylation sites is 1. The van der Waals surface area contributed by atoms with Crippen LogP contribution < -0.4 is 5.73 Å². The Morgan fingerprint density at radius 2 is 2.17 bits per heavy atom. The van der Waals surface area contributed by atoms with Gasteiger partial charge >= 0.3 is 0 Å². The van der Waals surface area contributed by atoms with Gasteiger partial charge in [0, 0.05) is 38.5 Å². The van der Waals surface area contributed by atoms with Crippen molar-refractivity contribution in [2.45, 2.75) is 12.0 Å². The van der Waals surface area contributed by atoms with Crippen LogP contribution in [0.4, 0.5) is 0 Å². The van der Waals surface area contributed by atoms with Gasteiger partial charge in [-0.05, 0) is 18.7 Å². The van der Waals surface area contributed by atoms with Crippen LogP contribution in [0.5, 0.6) is 0 Å². The maximum absolute atomic E-state index is 12.1. The Hall–Kier alpha value is -3.77. The van der Waals surface area contributed by atoms with Crippen molar-refractivity contribution < 1.29 is 14.7 Å². The van der Waals surface area contributed by atoms with Gasteiger partial charge in [0.1, 0.15) is 5.70 Å². The number of fused-ring (bicyclic) bond motifs is 1. The Kier molecular flexibility index (Phi) is 5.30. The average Bonchev–Trinajstić information content (AvgIpc) is 3.22. The predicted molar refractivity (Wildman–Crippen MR) is 110 cm³/mol. The number of carbonyl (C=O) groups is 2. The zero-order valence-corrected chi connectivity index (χ0v) is 16.1. The lowest BCUT2D eigenvalue weighted by atomic mass is 10.0. The first kappa shape index (κ1) is 20.0. The fourth-order valence-electron chi connectivity index (χ4n) is 3.02. The summed E-state index contributed by atoms with van der Waals surface area (Å²) >= 11 is 0. The molecule has 1 saturated heterocycles.